The predicted octanol–water partition coefficient (Wildman–Crippen LogP) is 2.94. The average Bonchev–Trinajstić information content (AvgIpc) is 3.31. The van der Waals surface area contributed by atoms with Gasteiger partial charge < -0.3 is 9.47 Å². The number of aromatic nitrogens is 5. The lowest BCUT2D eigenvalue weighted by Crippen LogP contribution is -2.38. The Kier molecular flexibility index (Phi) is 4.59. The summed E-state index contributed by atoms with van der Waals surface area (Å²) in [5, 5.41) is 10.3. The molecule has 7 nitrogen and oxygen atoms in total. The minimum Gasteiger partial charge on any atom is -0.335 e. The quantitative estimate of drug-likeness (QED) is 0.750. The molecule has 0 fully saturated rings. The molecule has 0 saturated carbocycles. The van der Waals surface area contributed by atoms with E-state index in [1.807, 2.05) is 32.6 Å². The van der Waals surface area contributed by atoms with Crippen molar-refractivity contribution in [3.05, 3.63) is 38.7 Å². The van der Waals surface area contributed by atoms with Crippen LogP contribution in [0, 0.1) is 27.7 Å². The summed E-state index contributed by atoms with van der Waals surface area (Å²) in [7, 11) is 0. The van der Waals surface area contributed by atoms with Crippen LogP contribution in [0.5, 0.6) is 0 Å². The molecule has 1 aliphatic heterocycles. The van der Waals surface area contributed by atoms with Gasteiger partial charge in [-0.2, -0.15) is 5.10 Å². The summed E-state index contributed by atoms with van der Waals surface area (Å²) in [5.41, 5.74) is 6.22. The zero-order valence-corrected chi connectivity index (χ0v) is 17.0. The molecular formula is C19H24N6OS. The summed E-state index contributed by atoms with van der Waals surface area (Å²) in [6, 6.07) is 0. The first-order valence-electron chi connectivity index (χ1n) is 9.20. The van der Waals surface area contributed by atoms with E-state index in [0.29, 0.717) is 19.5 Å². The molecule has 4 rings (SSSR count). The molecule has 1 aliphatic rings. The number of aromatic amines is 1. The maximum Gasteiger partial charge on any atom is 0.223 e. The molecule has 4 heterocycles. The summed E-state index contributed by atoms with van der Waals surface area (Å²) in [6.45, 7) is 10.1. The van der Waals surface area contributed by atoms with Gasteiger partial charge in [0.05, 0.1) is 28.6 Å². The number of amides is 1. The van der Waals surface area contributed by atoms with E-state index in [4.69, 9.17) is 4.98 Å². The van der Waals surface area contributed by atoms with Gasteiger partial charge in [-0.25, -0.2) is 9.97 Å². The Morgan fingerprint density at radius 3 is 2.67 bits per heavy atom. The van der Waals surface area contributed by atoms with Gasteiger partial charge in [-0.1, -0.05) is 0 Å². The fourth-order valence-electron chi connectivity index (χ4n) is 3.74. The van der Waals surface area contributed by atoms with Crippen LogP contribution in [0.2, 0.25) is 0 Å². The summed E-state index contributed by atoms with van der Waals surface area (Å²) in [6.07, 6.45) is 1.23. The Hall–Kier alpha value is -2.48. The topological polar surface area (TPSA) is 79.7 Å². The van der Waals surface area contributed by atoms with Crippen LogP contribution in [0.25, 0.3) is 11.5 Å². The molecule has 0 atom stereocenters. The van der Waals surface area contributed by atoms with E-state index in [9.17, 15) is 4.79 Å². The molecule has 1 N–H and O–H groups in total. The van der Waals surface area contributed by atoms with Crippen molar-refractivity contribution in [1.29, 1.82) is 0 Å². The first-order valence-corrected chi connectivity index (χ1v) is 10.1. The minimum absolute atomic E-state index is 0.188. The molecule has 3 aromatic rings. The highest BCUT2D eigenvalue weighted by Crippen LogP contribution is 2.27. The molecule has 0 aliphatic carbocycles. The first kappa shape index (κ1) is 17.9. The largest absolute Gasteiger partial charge is 0.335 e. The van der Waals surface area contributed by atoms with Gasteiger partial charge >= 0.3 is 0 Å². The number of nitrogens with one attached hydrogen (secondary N) is 1. The number of aryl methyl sites for hydroxylation is 4. The molecule has 0 unspecified atom stereocenters. The van der Waals surface area contributed by atoms with Crippen molar-refractivity contribution in [2.75, 3.05) is 6.54 Å². The first-order chi connectivity index (χ1) is 12.9. The maximum absolute atomic E-state index is 12.8. The SMILES string of the molecule is Cc1nc(-c2nc(C)c3n2CCN(C(=O)CCc2c(C)n[nH]c2C)C3)cs1. The van der Waals surface area contributed by atoms with Crippen molar-refractivity contribution < 1.29 is 4.79 Å². The smallest absolute Gasteiger partial charge is 0.223 e. The lowest BCUT2D eigenvalue weighted by atomic mass is 10.1. The van der Waals surface area contributed by atoms with Gasteiger partial charge in [0.2, 0.25) is 5.91 Å². The highest BCUT2D eigenvalue weighted by atomic mass is 32.1. The van der Waals surface area contributed by atoms with Gasteiger partial charge in [0, 0.05) is 30.6 Å². The van der Waals surface area contributed by atoms with E-state index >= 15 is 0 Å². The Balaban J connectivity index is 1.48. The van der Waals surface area contributed by atoms with Crippen LogP contribution in [-0.4, -0.2) is 42.1 Å². The fourth-order valence-corrected chi connectivity index (χ4v) is 4.33. The second-order valence-corrected chi connectivity index (χ2v) is 8.16. The number of carbonyl (C=O) groups is 1. The maximum atomic E-state index is 12.8. The van der Waals surface area contributed by atoms with E-state index in [0.717, 1.165) is 57.8 Å². The number of carbonyl (C=O) groups excluding carboxylic acids is 1. The van der Waals surface area contributed by atoms with Gasteiger partial charge in [-0.15, -0.1) is 11.3 Å². The molecule has 3 aromatic heterocycles. The van der Waals surface area contributed by atoms with Crippen LogP contribution in [0.15, 0.2) is 5.38 Å². The highest BCUT2D eigenvalue weighted by Gasteiger charge is 2.26. The number of thiazole rings is 1. The van der Waals surface area contributed by atoms with Crippen molar-refractivity contribution in [1.82, 2.24) is 29.6 Å². The van der Waals surface area contributed by atoms with Gasteiger partial charge in [0.1, 0.15) is 5.69 Å². The van der Waals surface area contributed by atoms with Gasteiger partial charge in [0.25, 0.3) is 0 Å². The van der Waals surface area contributed by atoms with E-state index in [-0.39, 0.29) is 5.91 Å². The van der Waals surface area contributed by atoms with Gasteiger partial charge in [0.15, 0.2) is 5.82 Å². The highest BCUT2D eigenvalue weighted by molar-refractivity contribution is 7.09. The average molecular weight is 385 g/mol. The number of imidazole rings is 1. The van der Waals surface area contributed by atoms with Crippen LogP contribution in [0.4, 0.5) is 0 Å². The van der Waals surface area contributed by atoms with Crippen LogP contribution in [-0.2, 0) is 24.3 Å². The molecule has 0 radical (unpaired) electrons. The standard InChI is InChI=1S/C19H24N6OS/c1-11-15(12(2)23-22-11)5-6-18(26)24-7-8-25-17(9-24)13(3)20-19(25)16-10-27-14(4)21-16/h10H,5-9H2,1-4H3,(H,22,23). The van der Waals surface area contributed by atoms with Crippen molar-refractivity contribution in [2.45, 2.75) is 53.6 Å². The minimum atomic E-state index is 0.188. The van der Waals surface area contributed by atoms with E-state index in [1.54, 1.807) is 11.3 Å². The molecule has 0 spiro atoms. The summed E-state index contributed by atoms with van der Waals surface area (Å²) >= 11 is 1.64. The number of nitrogens with zero attached hydrogens (tertiary/aromatic N) is 5. The van der Waals surface area contributed by atoms with Crippen LogP contribution >= 0.6 is 11.3 Å². The number of H-pyrrole nitrogens is 1. The normalized spacial score (nSPS) is 13.9. The summed E-state index contributed by atoms with van der Waals surface area (Å²) in [4.78, 5) is 24.0. The van der Waals surface area contributed by atoms with Gasteiger partial charge in [-0.3, -0.25) is 9.89 Å². The molecular weight excluding hydrogens is 360 g/mol. The molecule has 0 saturated heterocycles. The van der Waals surface area contributed by atoms with Crippen LogP contribution in [0.1, 0.15) is 39.8 Å². The molecule has 142 valence electrons. The van der Waals surface area contributed by atoms with Crippen molar-refractivity contribution in [2.24, 2.45) is 0 Å². The second-order valence-electron chi connectivity index (χ2n) is 7.10. The zero-order chi connectivity index (χ0) is 19.1. The third kappa shape index (κ3) is 3.29. The third-order valence-corrected chi connectivity index (χ3v) is 6.05. The number of fused-ring (bicyclic) bond motifs is 1. The number of hydrogen-bond donors (Lipinski definition) is 1. The van der Waals surface area contributed by atoms with Crippen LogP contribution in [0.3, 0.4) is 0 Å². The van der Waals surface area contributed by atoms with Crippen molar-refractivity contribution in [3.8, 4) is 11.5 Å². The van der Waals surface area contributed by atoms with E-state index in [2.05, 4.69) is 25.1 Å². The predicted molar refractivity (Wildman–Crippen MR) is 105 cm³/mol. The third-order valence-electron chi connectivity index (χ3n) is 5.28. The van der Waals surface area contributed by atoms with E-state index in [1.165, 1.54) is 0 Å². The Morgan fingerprint density at radius 1 is 1.19 bits per heavy atom. The monoisotopic (exact) mass is 384 g/mol. The number of rotatable bonds is 4. The molecule has 0 aromatic carbocycles. The summed E-state index contributed by atoms with van der Waals surface area (Å²) < 4.78 is 2.22. The van der Waals surface area contributed by atoms with Gasteiger partial charge in [-0.05, 0) is 39.7 Å². The Labute approximate surface area is 162 Å². The van der Waals surface area contributed by atoms with Crippen molar-refractivity contribution >= 4 is 17.2 Å². The zero-order valence-electron chi connectivity index (χ0n) is 16.2. The Morgan fingerprint density at radius 2 is 2.00 bits per heavy atom. The van der Waals surface area contributed by atoms with Crippen molar-refractivity contribution in [3.63, 3.8) is 0 Å². The fraction of sp³-hybridized carbons (Fsp3) is 0.474. The van der Waals surface area contributed by atoms with E-state index < -0.39 is 0 Å². The summed E-state index contributed by atoms with van der Waals surface area (Å²) in [5.74, 6) is 1.11. The lowest BCUT2D eigenvalue weighted by molar-refractivity contribution is -0.132. The van der Waals surface area contributed by atoms with Crippen LogP contribution < -0.4 is 0 Å². The molecule has 1 amide bonds. The molecule has 0 bridgehead atoms. The lowest BCUT2D eigenvalue weighted by Gasteiger charge is -2.29. The second kappa shape index (κ2) is 6.92. The number of hydrogen-bond acceptors (Lipinski definition) is 5. The Bertz CT molecular complexity index is 979. The molecule has 8 heteroatoms. The molecule has 27 heavy (non-hydrogen) atoms.